The number of hydrogen-bond acceptors (Lipinski definition) is 3. The minimum absolute atomic E-state index is 0.278. The Balaban J connectivity index is 2.97. The van der Waals surface area contributed by atoms with Crippen LogP contribution >= 0.6 is 10.7 Å². The van der Waals surface area contributed by atoms with Gasteiger partial charge in [0.05, 0.1) is 11.4 Å². The molecule has 1 amide bonds. The van der Waals surface area contributed by atoms with Crippen molar-refractivity contribution < 1.29 is 30.8 Å². The second-order valence-electron chi connectivity index (χ2n) is 4.22. The average Bonchev–Trinajstić information content (AvgIpc) is 2.34. The number of nitrogens with one attached hydrogen (secondary N) is 1. The number of amides is 1. The second kappa shape index (κ2) is 6.18. The third-order valence-electron chi connectivity index (χ3n) is 2.40. The Morgan fingerprint density at radius 3 is 2.38 bits per heavy atom. The van der Waals surface area contributed by atoms with Crippen LogP contribution in [0.5, 0.6) is 0 Å². The van der Waals surface area contributed by atoms with Gasteiger partial charge in [-0.25, -0.2) is 17.2 Å². The fourth-order valence-electron chi connectivity index (χ4n) is 1.40. The van der Waals surface area contributed by atoms with Gasteiger partial charge in [0.15, 0.2) is 0 Å². The van der Waals surface area contributed by atoms with E-state index < -0.39 is 38.7 Å². The summed E-state index contributed by atoms with van der Waals surface area (Å²) >= 11 is 0. The smallest absolute Gasteiger partial charge is 0.324 e. The molecular weight excluding hydrogens is 338 g/mol. The minimum atomic E-state index is -4.37. The average molecular weight is 348 g/mol. The van der Waals surface area contributed by atoms with Crippen molar-refractivity contribution in [2.75, 3.05) is 6.54 Å². The van der Waals surface area contributed by atoms with Crippen LogP contribution in [0.2, 0.25) is 0 Å². The van der Waals surface area contributed by atoms with Crippen LogP contribution in [0.15, 0.2) is 23.1 Å². The van der Waals surface area contributed by atoms with Crippen LogP contribution < -0.4 is 5.32 Å². The fraction of sp³-hybridized carbons (Fsp3) is 0.364. The van der Waals surface area contributed by atoms with Gasteiger partial charge in [0.1, 0.15) is 0 Å². The first-order valence-electron chi connectivity index (χ1n) is 5.44. The maximum absolute atomic E-state index is 12.7. The molecule has 0 spiro atoms. The van der Waals surface area contributed by atoms with Gasteiger partial charge in [-0.1, -0.05) is 0 Å². The van der Waals surface area contributed by atoms with Crippen LogP contribution in [-0.2, 0) is 9.05 Å². The fourth-order valence-corrected chi connectivity index (χ4v) is 2.26. The molecule has 0 bridgehead atoms. The van der Waals surface area contributed by atoms with Crippen LogP contribution in [0.1, 0.15) is 15.9 Å². The maximum Gasteiger partial charge on any atom is 0.324 e. The zero-order valence-corrected chi connectivity index (χ0v) is 12.1. The normalized spacial score (nSPS) is 12.5. The molecular formula is C11H10ClF4NO3S. The number of hydrogen-bond donors (Lipinski definition) is 1. The Kier molecular flexibility index (Phi) is 5.21. The van der Waals surface area contributed by atoms with Gasteiger partial charge in [-0.15, -0.1) is 0 Å². The first-order chi connectivity index (χ1) is 9.43. The van der Waals surface area contributed by atoms with Gasteiger partial charge in [0.2, 0.25) is 0 Å². The summed E-state index contributed by atoms with van der Waals surface area (Å²) in [5.41, 5.74) is 0.0572. The second-order valence-corrected chi connectivity index (χ2v) is 6.78. The molecule has 118 valence electrons. The van der Waals surface area contributed by atoms with Crippen LogP contribution in [0.3, 0.4) is 0 Å². The van der Waals surface area contributed by atoms with Crippen molar-refractivity contribution in [2.45, 2.75) is 24.2 Å². The van der Waals surface area contributed by atoms with Gasteiger partial charge in [-0.05, 0) is 30.7 Å². The largest absolute Gasteiger partial charge is 0.346 e. The highest BCUT2D eigenvalue weighted by Gasteiger charge is 2.40. The summed E-state index contributed by atoms with van der Waals surface area (Å²) in [6.07, 6.45) is -3.92. The molecule has 4 nitrogen and oxygen atoms in total. The van der Waals surface area contributed by atoms with E-state index in [1.165, 1.54) is 19.1 Å². The summed E-state index contributed by atoms with van der Waals surface area (Å²) in [4.78, 5) is 11.2. The van der Waals surface area contributed by atoms with Crippen molar-refractivity contribution in [1.29, 1.82) is 0 Å². The van der Waals surface area contributed by atoms with Gasteiger partial charge in [0, 0.05) is 16.2 Å². The summed E-state index contributed by atoms with van der Waals surface area (Å²) in [6.45, 7) is -0.115. The molecule has 0 radical (unpaired) electrons. The first kappa shape index (κ1) is 17.7. The molecule has 0 aromatic heterocycles. The Bertz CT molecular complexity index is 649. The van der Waals surface area contributed by atoms with E-state index in [0.717, 1.165) is 6.07 Å². The molecule has 0 aliphatic heterocycles. The van der Waals surface area contributed by atoms with E-state index in [-0.39, 0.29) is 5.56 Å². The number of alkyl halides is 4. The lowest BCUT2D eigenvalue weighted by molar-refractivity contribution is -0.123. The predicted octanol–water partition coefficient (Wildman–Crippen LogP) is 2.55. The van der Waals surface area contributed by atoms with Crippen LogP contribution in [-0.4, -0.2) is 33.2 Å². The van der Waals surface area contributed by atoms with Crippen LogP contribution in [0.4, 0.5) is 17.6 Å². The number of halogens is 5. The van der Waals surface area contributed by atoms with Crippen molar-refractivity contribution in [1.82, 2.24) is 5.32 Å². The quantitative estimate of drug-likeness (QED) is 0.657. The van der Waals surface area contributed by atoms with Crippen molar-refractivity contribution in [3.05, 3.63) is 29.3 Å². The molecule has 0 saturated carbocycles. The Morgan fingerprint density at radius 2 is 1.90 bits per heavy atom. The van der Waals surface area contributed by atoms with E-state index in [9.17, 15) is 30.8 Å². The zero-order valence-electron chi connectivity index (χ0n) is 10.5. The summed E-state index contributed by atoms with van der Waals surface area (Å²) in [5.74, 6) is -5.48. The molecule has 0 aliphatic carbocycles. The van der Waals surface area contributed by atoms with Crippen molar-refractivity contribution >= 4 is 25.6 Å². The lowest BCUT2D eigenvalue weighted by atomic mass is 10.1. The van der Waals surface area contributed by atoms with Crippen molar-refractivity contribution in [2.24, 2.45) is 0 Å². The predicted molar refractivity (Wildman–Crippen MR) is 67.5 cm³/mol. The van der Waals surface area contributed by atoms with E-state index in [1.807, 2.05) is 0 Å². The SMILES string of the molecule is Cc1cc(C(=O)NCC(F)(F)C(F)F)cc(S(=O)(=O)Cl)c1. The third-order valence-corrected chi connectivity index (χ3v) is 3.73. The number of carbonyl (C=O) groups excluding carboxylic acids is 1. The van der Waals surface area contributed by atoms with Gasteiger partial charge < -0.3 is 5.32 Å². The molecule has 0 fully saturated rings. The van der Waals surface area contributed by atoms with Gasteiger partial charge in [-0.3, -0.25) is 4.79 Å². The minimum Gasteiger partial charge on any atom is -0.346 e. The lowest BCUT2D eigenvalue weighted by Crippen LogP contribution is -2.41. The molecule has 0 atom stereocenters. The molecule has 1 aromatic rings. The highest BCUT2D eigenvalue weighted by Crippen LogP contribution is 2.22. The third kappa shape index (κ3) is 4.85. The highest BCUT2D eigenvalue weighted by atomic mass is 35.7. The molecule has 1 N–H and O–H groups in total. The molecule has 0 saturated heterocycles. The topological polar surface area (TPSA) is 63.2 Å². The molecule has 0 aliphatic rings. The summed E-state index contributed by atoms with van der Waals surface area (Å²) < 4.78 is 71.6. The Morgan fingerprint density at radius 1 is 1.33 bits per heavy atom. The van der Waals surface area contributed by atoms with Gasteiger partial charge >= 0.3 is 12.3 Å². The number of benzene rings is 1. The van der Waals surface area contributed by atoms with Crippen LogP contribution in [0, 0.1) is 6.92 Å². The molecule has 10 heteroatoms. The molecule has 1 rings (SSSR count). The van der Waals surface area contributed by atoms with Crippen molar-refractivity contribution in [3.8, 4) is 0 Å². The van der Waals surface area contributed by atoms with Crippen molar-refractivity contribution in [3.63, 3.8) is 0 Å². The molecule has 0 heterocycles. The van der Waals surface area contributed by atoms with E-state index >= 15 is 0 Å². The van der Waals surface area contributed by atoms with E-state index in [0.29, 0.717) is 5.56 Å². The highest BCUT2D eigenvalue weighted by molar-refractivity contribution is 8.13. The zero-order chi connectivity index (χ0) is 16.4. The summed E-state index contributed by atoms with van der Waals surface area (Å²) in [7, 11) is 1.01. The molecule has 21 heavy (non-hydrogen) atoms. The monoisotopic (exact) mass is 347 g/mol. The number of carbonyl (C=O) groups is 1. The van der Waals surface area contributed by atoms with Crippen LogP contribution in [0.25, 0.3) is 0 Å². The van der Waals surface area contributed by atoms with E-state index in [4.69, 9.17) is 10.7 Å². The molecule has 1 aromatic carbocycles. The summed E-state index contributed by atoms with van der Waals surface area (Å²) in [5, 5.41) is 1.62. The van der Waals surface area contributed by atoms with E-state index in [1.54, 1.807) is 5.32 Å². The van der Waals surface area contributed by atoms with E-state index in [2.05, 4.69) is 0 Å². The Labute approximate surface area is 122 Å². The number of rotatable bonds is 5. The Hall–Kier alpha value is -1.35. The maximum atomic E-state index is 12.7. The standard InChI is InChI=1S/C11H10ClF4NO3S/c1-6-2-7(4-8(3-6)21(12,19)20)9(18)17-5-11(15,16)10(13)14/h2-4,10H,5H2,1H3,(H,17,18). The molecule has 0 unspecified atom stereocenters. The lowest BCUT2D eigenvalue weighted by Gasteiger charge is -2.16. The van der Waals surface area contributed by atoms with Gasteiger partial charge in [-0.2, -0.15) is 8.78 Å². The first-order valence-corrected chi connectivity index (χ1v) is 7.75. The number of aryl methyl sites for hydroxylation is 1. The summed E-state index contributed by atoms with van der Waals surface area (Å²) in [6, 6.07) is 3.25. The van der Waals surface area contributed by atoms with Gasteiger partial charge in [0.25, 0.3) is 15.0 Å².